The highest BCUT2D eigenvalue weighted by molar-refractivity contribution is 6.29. The summed E-state index contributed by atoms with van der Waals surface area (Å²) >= 11 is 5.51. The molecule has 0 fully saturated rings. The molecular weight excluding hydrogens is 182 g/mol. The molecule has 1 aromatic heterocycles. The minimum atomic E-state index is -0.593. The average Bonchev–Trinajstić information content (AvgIpc) is 2.04. The molecule has 1 N–H and O–H groups in total. The van der Waals surface area contributed by atoms with Crippen molar-refractivity contribution < 1.29 is 9.53 Å². The Balaban J connectivity index is 2.69. The molecule has 0 saturated heterocycles. The Labute approximate surface area is 73.7 Å². The van der Waals surface area contributed by atoms with E-state index in [0.717, 1.165) is 0 Å². The molecule has 0 saturated carbocycles. The van der Waals surface area contributed by atoms with E-state index in [1.165, 1.54) is 19.4 Å². The molecule has 0 bridgehead atoms. The number of hydrogen-bond donors (Lipinski definition) is 1. The van der Waals surface area contributed by atoms with Crippen LogP contribution in [0.3, 0.4) is 0 Å². The van der Waals surface area contributed by atoms with E-state index in [0.29, 0.717) is 0 Å². The van der Waals surface area contributed by atoms with Crippen LogP contribution in [0.15, 0.2) is 12.4 Å². The Morgan fingerprint density at radius 1 is 1.67 bits per heavy atom. The number of aromatic nitrogens is 2. The molecule has 0 unspecified atom stereocenters. The van der Waals surface area contributed by atoms with Gasteiger partial charge in [0, 0.05) is 13.1 Å². The predicted octanol–water partition coefficient (Wildman–Crippen LogP) is 0.848. The van der Waals surface area contributed by atoms with Gasteiger partial charge in [0.1, 0.15) is 11.5 Å². The maximum Gasteiger partial charge on any atom is 0.413 e. The normalized spacial score (nSPS) is 9.17. The van der Waals surface area contributed by atoms with Crippen molar-refractivity contribution in [2.24, 2.45) is 0 Å². The van der Waals surface area contributed by atoms with Crippen LogP contribution in [0.25, 0.3) is 0 Å². The highest BCUT2D eigenvalue weighted by Gasteiger charge is 2.02. The minimum absolute atomic E-state index is 0.120. The summed E-state index contributed by atoms with van der Waals surface area (Å²) in [4.78, 5) is 17.9. The van der Waals surface area contributed by atoms with E-state index in [9.17, 15) is 4.79 Å². The van der Waals surface area contributed by atoms with Crippen LogP contribution in [0.2, 0.25) is 5.15 Å². The van der Waals surface area contributed by atoms with Crippen molar-refractivity contribution in [3.8, 4) is 5.88 Å². The van der Waals surface area contributed by atoms with Gasteiger partial charge in [0.2, 0.25) is 5.88 Å². The maximum atomic E-state index is 10.7. The van der Waals surface area contributed by atoms with E-state index < -0.39 is 6.09 Å². The minimum Gasteiger partial charge on any atom is -0.391 e. The average molecular weight is 188 g/mol. The van der Waals surface area contributed by atoms with E-state index in [1.54, 1.807) is 0 Å². The van der Waals surface area contributed by atoms with E-state index in [4.69, 9.17) is 11.6 Å². The van der Waals surface area contributed by atoms with E-state index in [2.05, 4.69) is 20.0 Å². The van der Waals surface area contributed by atoms with Gasteiger partial charge in [0.25, 0.3) is 0 Å². The fourth-order valence-electron chi connectivity index (χ4n) is 0.519. The lowest BCUT2D eigenvalue weighted by Gasteiger charge is -2.00. The van der Waals surface area contributed by atoms with Crippen molar-refractivity contribution in [1.82, 2.24) is 15.3 Å². The van der Waals surface area contributed by atoms with Gasteiger partial charge in [0.05, 0.1) is 0 Å². The topological polar surface area (TPSA) is 64.1 Å². The zero-order valence-corrected chi connectivity index (χ0v) is 7.00. The zero-order chi connectivity index (χ0) is 8.97. The third-order valence-electron chi connectivity index (χ3n) is 1.01. The number of carbonyl (C=O) groups excluding carboxylic acids is 1. The number of hydrogen-bond acceptors (Lipinski definition) is 4. The molecule has 0 atom stereocenters. The number of carbonyl (C=O) groups is 1. The summed E-state index contributed by atoms with van der Waals surface area (Å²) < 4.78 is 4.66. The lowest BCUT2D eigenvalue weighted by molar-refractivity contribution is 0.201. The Kier molecular flexibility index (Phi) is 2.82. The van der Waals surface area contributed by atoms with Gasteiger partial charge in [-0.3, -0.25) is 0 Å². The summed E-state index contributed by atoms with van der Waals surface area (Å²) in [5.74, 6) is 0.120. The standard InChI is InChI=1S/C6H6ClN3O2/c1-8-6(11)12-5-2-4(7)9-3-10-5/h2-3H,1H3,(H,8,11). The van der Waals surface area contributed by atoms with Crippen LogP contribution < -0.4 is 10.1 Å². The largest absolute Gasteiger partial charge is 0.413 e. The molecule has 6 heteroatoms. The second-order valence-electron chi connectivity index (χ2n) is 1.82. The monoisotopic (exact) mass is 187 g/mol. The summed E-state index contributed by atoms with van der Waals surface area (Å²) in [6, 6.07) is 1.34. The highest BCUT2D eigenvalue weighted by Crippen LogP contribution is 2.10. The molecule has 0 aliphatic heterocycles. The molecule has 5 nitrogen and oxygen atoms in total. The van der Waals surface area contributed by atoms with Gasteiger partial charge in [-0.25, -0.2) is 14.8 Å². The van der Waals surface area contributed by atoms with Crippen molar-refractivity contribution in [1.29, 1.82) is 0 Å². The summed E-state index contributed by atoms with van der Waals surface area (Å²) in [5.41, 5.74) is 0. The fraction of sp³-hybridized carbons (Fsp3) is 0.167. The quantitative estimate of drug-likeness (QED) is 0.662. The van der Waals surface area contributed by atoms with Crippen molar-refractivity contribution in [2.45, 2.75) is 0 Å². The van der Waals surface area contributed by atoms with Crippen LogP contribution in [0, 0.1) is 0 Å². The van der Waals surface area contributed by atoms with Crippen molar-refractivity contribution in [3.05, 3.63) is 17.5 Å². The summed E-state index contributed by atoms with van der Waals surface area (Å²) in [5, 5.41) is 2.49. The Hall–Kier alpha value is -1.36. The zero-order valence-electron chi connectivity index (χ0n) is 6.24. The van der Waals surface area contributed by atoms with Crippen molar-refractivity contribution >= 4 is 17.7 Å². The third kappa shape index (κ3) is 2.35. The van der Waals surface area contributed by atoms with Crippen LogP contribution in [0.1, 0.15) is 0 Å². The molecule has 1 rings (SSSR count). The van der Waals surface area contributed by atoms with Gasteiger partial charge in [-0.15, -0.1) is 0 Å². The first-order valence-electron chi connectivity index (χ1n) is 3.09. The number of ether oxygens (including phenoxy) is 1. The van der Waals surface area contributed by atoms with E-state index >= 15 is 0 Å². The highest BCUT2D eigenvalue weighted by atomic mass is 35.5. The Morgan fingerprint density at radius 2 is 2.42 bits per heavy atom. The molecule has 0 aliphatic rings. The number of halogens is 1. The van der Waals surface area contributed by atoms with Crippen LogP contribution >= 0.6 is 11.6 Å². The fourth-order valence-corrected chi connectivity index (χ4v) is 0.656. The summed E-state index contributed by atoms with van der Waals surface area (Å²) in [7, 11) is 1.45. The third-order valence-corrected chi connectivity index (χ3v) is 1.22. The molecule has 1 aromatic rings. The second kappa shape index (κ2) is 3.87. The molecule has 1 heterocycles. The summed E-state index contributed by atoms with van der Waals surface area (Å²) in [6.07, 6.45) is 0.616. The molecule has 0 radical (unpaired) electrons. The molecule has 1 amide bonds. The molecule has 12 heavy (non-hydrogen) atoms. The van der Waals surface area contributed by atoms with Gasteiger partial charge < -0.3 is 10.1 Å². The SMILES string of the molecule is CNC(=O)Oc1cc(Cl)ncn1. The maximum absolute atomic E-state index is 10.7. The summed E-state index contributed by atoms with van der Waals surface area (Å²) in [6.45, 7) is 0. The first kappa shape index (κ1) is 8.73. The molecule has 0 aromatic carbocycles. The van der Waals surface area contributed by atoms with Crippen molar-refractivity contribution in [3.63, 3.8) is 0 Å². The number of nitrogens with zero attached hydrogens (tertiary/aromatic N) is 2. The number of rotatable bonds is 1. The van der Waals surface area contributed by atoms with Crippen LogP contribution in [0.5, 0.6) is 5.88 Å². The Morgan fingerprint density at radius 3 is 3.00 bits per heavy atom. The number of amides is 1. The van der Waals surface area contributed by atoms with Gasteiger partial charge in [-0.2, -0.15) is 0 Å². The lowest BCUT2D eigenvalue weighted by atomic mass is 10.6. The number of nitrogens with one attached hydrogen (secondary N) is 1. The van der Waals surface area contributed by atoms with Gasteiger partial charge in [-0.05, 0) is 0 Å². The molecule has 64 valence electrons. The van der Waals surface area contributed by atoms with Crippen LogP contribution in [-0.2, 0) is 0 Å². The molecular formula is C6H6ClN3O2. The molecule has 0 aliphatic carbocycles. The lowest BCUT2D eigenvalue weighted by Crippen LogP contribution is -2.22. The van der Waals surface area contributed by atoms with Crippen molar-refractivity contribution in [2.75, 3.05) is 7.05 Å². The van der Waals surface area contributed by atoms with Crippen LogP contribution in [-0.4, -0.2) is 23.1 Å². The van der Waals surface area contributed by atoms with Gasteiger partial charge in [0.15, 0.2) is 0 Å². The van der Waals surface area contributed by atoms with Gasteiger partial charge >= 0.3 is 6.09 Å². The van der Waals surface area contributed by atoms with E-state index in [-0.39, 0.29) is 11.0 Å². The van der Waals surface area contributed by atoms with E-state index in [1.807, 2.05) is 0 Å². The Bertz CT molecular complexity index is 292. The predicted molar refractivity (Wildman–Crippen MR) is 42.1 cm³/mol. The molecule has 0 spiro atoms. The van der Waals surface area contributed by atoms with Gasteiger partial charge in [-0.1, -0.05) is 11.6 Å². The second-order valence-corrected chi connectivity index (χ2v) is 2.21. The first-order valence-corrected chi connectivity index (χ1v) is 3.47. The van der Waals surface area contributed by atoms with Crippen LogP contribution in [0.4, 0.5) is 4.79 Å². The first-order chi connectivity index (χ1) is 5.72. The smallest absolute Gasteiger partial charge is 0.391 e.